The molecule has 0 spiro atoms. The van der Waals surface area contributed by atoms with Crippen molar-refractivity contribution in [2.75, 3.05) is 26.7 Å². The lowest BCUT2D eigenvalue weighted by Crippen LogP contribution is -2.39. The number of likely N-dealkylation sites (N-methyl/N-ethyl adjacent to an activating group) is 1. The first kappa shape index (κ1) is 20.0. The van der Waals surface area contributed by atoms with Gasteiger partial charge in [0.05, 0.1) is 17.3 Å². The van der Waals surface area contributed by atoms with Crippen LogP contribution in [0.5, 0.6) is 0 Å². The zero-order valence-corrected chi connectivity index (χ0v) is 18.2. The van der Waals surface area contributed by atoms with Gasteiger partial charge in [-0.1, -0.05) is 25.1 Å². The molecule has 6 heteroatoms. The number of likely N-dealkylation sites (tertiary alicyclic amines) is 1. The van der Waals surface area contributed by atoms with Crippen LogP contribution in [-0.4, -0.2) is 58.0 Å². The van der Waals surface area contributed by atoms with Gasteiger partial charge >= 0.3 is 6.09 Å². The van der Waals surface area contributed by atoms with Crippen LogP contribution in [0.4, 0.5) is 4.79 Å². The van der Waals surface area contributed by atoms with Crippen LogP contribution in [-0.2, 0) is 4.74 Å². The van der Waals surface area contributed by atoms with E-state index in [0.29, 0.717) is 18.5 Å². The van der Waals surface area contributed by atoms with Crippen molar-refractivity contribution in [2.45, 2.75) is 52.2 Å². The van der Waals surface area contributed by atoms with Gasteiger partial charge in [0.15, 0.2) is 0 Å². The lowest BCUT2D eigenvalue weighted by Gasteiger charge is -2.33. The van der Waals surface area contributed by atoms with E-state index in [1.54, 1.807) is 4.90 Å². The van der Waals surface area contributed by atoms with Crippen molar-refractivity contribution in [3.8, 4) is 0 Å². The number of carbonyl (C=O) groups is 1. The van der Waals surface area contributed by atoms with Crippen LogP contribution < -0.4 is 0 Å². The topological polar surface area (TPSA) is 50.6 Å². The Balaban J connectivity index is 1.63. The van der Waals surface area contributed by atoms with Crippen molar-refractivity contribution in [3.05, 3.63) is 36.0 Å². The van der Waals surface area contributed by atoms with Crippen LogP contribution in [0.15, 0.2) is 30.5 Å². The summed E-state index contributed by atoms with van der Waals surface area (Å²) in [6.45, 7) is 10.7. The summed E-state index contributed by atoms with van der Waals surface area (Å²) in [5, 5.41) is 5.99. The van der Waals surface area contributed by atoms with E-state index in [9.17, 15) is 4.79 Å². The Morgan fingerprint density at radius 2 is 2.03 bits per heavy atom. The molecule has 0 aliphatic carbocycles. The predicted molar refractivity (Wildman–Crippen MR) is 116 cm³/mol. The van der Waals surface area contributed by atoms with Crippen molar-refractivity contribution in [2.24, 2.45) is 5.92 Å². The third-order valence-corrected chi connectivity index (χ3v) is 5.67. The molecule has 1 aromatic heterocycles. The third kappa shape index (κ3) is 4.32. The molecule has 3 heterocycles. The van der Waals surface area contributed by atoms with Gasteiger partial charge < -0.3 is 9.64 Å². The van der Waals surface area contributed by atoms with Gasteiger partial charge in [-0.25, -0.2) is 4.79 Å². The van der Waals surface area contributed by atoms with Crippen molar-refractivity contribution in [1.29, 1.82) is 0 Å². The van der Waals surface area contributed by atoms with Crippen molar-refractivity contribution in [3.63, 3.8) is 0 Å². The molecule has 2 atom stereocenters. The number of allylic oxidation sites excluding steroid dienone is 1. The minimum Gasteiger partial charge on any atom is -0.443 e. The average molecular weight is 397 g/mol. The van der Waals surface area contributed by atoms with Crippen LogP contribution in [0.2, 0.25) is 0 Å². The maximum atomic E-state index is 12.9. The van der Waals surface area contributed by atoms with E-state index in [1.807, 2.05) is 20.8 Å². The van der Waals surface area contributed by atoms with Crippen LogP contribution in [0.25, 0.3) is 16.6 Å². The molecule has 1 unspecified atom stereocenters. The molecule has 0 saturated carbocycles. The fraction of sp³-hybridized carbons (Fsp3) is 0.565. The molecular weight excluding hydrogens is 364 g/mol. The monoisotopic (exact) mass is 396 g/mol. The quantitative estimate of drug-likeness (QED) is 0.748. The minimum absolute atomic E-state index is 0.282. The van der Waals surface area contributed by atoms with Gasteiger partial charge in [-0.3, -0.25) is 9.58 Å². The summed E-state index contributed by atoms with van der Waals surface area (Å²) < 4.78 is 7.78. The Hall–Kier alpha value is -2.34. The highest BCUT2D eigenvalue weighted by Gasteiger charge is 2.29. The van der Waals surface area contributed by atoms with E-state index in [2.05, 4.69) is 54.0 Å². The first-order valence-corrected chi connectivity index (χ1v) is 10.6. The Morgan fingerprint density at radius 3 is 2.72 bits per heavy atom. The third-order valence-electron chi connectivity index (χ3n) is 5.67. The normalized spacial score (nSPS) is 23.5. The lowest BCUT2D eigenvalue weighted by atomic mass is 9.98. The van der Waals surface area contributed by atoms with Gasteiger partial charge in [-0.15, -0.1) is 0 Å². The molecule has 1 amide bonds. The minimum atomic E-state index is -0.514. The molecule has 0 radical (unpaired) electrons. The molecule has 4 rings (SSSR count). The largest absolute Gasteiger partial charge is 0.443 e. The van der Waals surface area contributed by atoms with Gasteiger partial charge in [0.2, 0.25) is 0 Å². The number of ether oxygens (including phenoxy) is 1. The fourth-order valence-corrected chi connectivity index (χ4v) is 4.18. The second-order valence-electron chi connectivity index (χ2n) is 9.61. The molecule has 29 heavy (non-hydrogen) atoms. The van der Waals surface area contributed by atoms with Gasteiger partial charge in [0.1, 0.15) is 5.60 Å². The number of benzene rings is 1. The number of hydrogen-bond donors (Lipinski definition) is 0. The summed E-state index contributed by atoms with van der Waals surface area (Å²) in [7, 11) is 2.16. The van der Waals surface area contributed by atoms with Crippen molar-refractivity contribution in [1.82, 2.24) is 19.6 Å². The Kier molecular flexibility index (Phi) is 5.15. The smallest absolute Gasteiger partial charge is 0.414 e. The Morgan fingerprint density at radius 1 is 1.24 bits per heavy atom. The van der Waals surface area contributed by atoms with E-state index < -0.39 is 5.60 Å². The van der Waals surface area contributed by atoms with Crippen LogP contribution in [0, 0.1) is 5.92 Å². The molecular formula is C23H32N4O2. The van der Waals surface area contributed by atoms with Crippen LogP contribution in [0.1, 0.15) is 52.1 Å². The number of amides is 1. The van der Waals surface area contributed by atoms with Gasteiger partial charge in [-0.2, -0.15) is 5.10 Å². The van der Waals surface area contributed by atoms with E-state index in [4.69, 9.17) is 9.84 Å². The van der Waals surface area contributed by atoms with Crippen molar-refractivity contribution < 1.29 is 9.53 Å². The lowest BCUT2D eigenvalue weighted by molar-refractivity contribution is 0.0327. The highest BCUT2D eigenvalue weighted by molar-refractivity contribution is 5.87. The maximum absolute atomic E-state index is 12.9. The first-order chi connectivity index (χ1) is 13.7. The summed E-state index contributed by atoms with van der Waals surface area (Å²) in [5.41, 5.74) is 2.40. The standard InChI is InChI=1S/C23H32N4O2/c1-16-6-9-21(26(13-16)22(28)29-23(2,3)4)17-7-8-18-14-27(24-20(18)12-17)19-10-11-25(5)15-19/h7-9,12,14,16,19H,6,10-11,13,15H2,1-5H3/t16-,19?/m0/s1. The highest BCUT2D eigenvalue weighted by Crippen LogP contribution is 2.31. The summed E-state index contributed by atoms with van der Waals surface area (Å²) in [6, 6.07) is 6.74. The SMILES string of the molecule is C[C@H]1CC=C(c2ccc3cn(C4CCN(C)C4)nc3c2)N(C(=O)OC(C)(C)C)C1. The molecule has 1 aromatic carbocycles. The van der Waals surface area contributed by atoms with Gasteiger partial charge in [0.25, 0.3) is 0 Å². The summed E-state index contributed by atoms with van der Waals surface area (Å²) in [6.07, 6.45) is 6.10. The highest BCUT2D eigenvalue weighted by atomic mass is 16.6. The Labute approximate surface area is 173 Å². The number of nitrogens with zero attached hydrogens (tertiary/aromatic N) is 4. The zero-order chi connectivity index (χ0) is 20.8. The number of fused-ring (bicyclic) bond motifs is 1. The molecule has 0 N–H and O–H groups in total. The second-order valence-corrected chi connectivity index (χ2v) is 9.61. The number of aromatic nitrogens is 2. The predicted octanol–water partition coefficient (Wildman–Crippen LogP) is 4.53. The summed E-state index contributed by atoms with van der Waals surface area (Å²) >= 11 is 0. The fourth-order valence-electron chi connectivity index (χ4n) is 4.18. The number of hydrogen-bond acceptors (Lipinski definition) is 4. The Bertz CT molecular complexity index is 940. The number of rotatable bonds is 2. The molecule has 156 valence electrons. The van der Waals surface area contributed by atoms with Crippen LogP contribution in [0.3, 0.4) is 0 Å². The average Bonchev–Trinajstić information content (AvgIpc) is 3.25. The molecule has 0 bridgehead atoms. The van der Waals surface area contributed by atoms with Crippen molar-refractivity contribution >= 4 is 22.7 Å². The number of carbonyl (C=O) groups excluding carboxylic acids is 1. The molecule has 2 aromatic rings. The molecule has 2 aliphatic heterocycles. The van der Waals surface area contributed by atoms with E-state index in [1.165, 1.54) is 0 Å². The summed E-state index contributed by atoms with van der Waals surface area (Å²) in [4.78, 5) is 17.0. The van der Waals surface area contributed by atoms with Gasteiger partial charge in [-0.05, 0) is 59.2 Å². The molecule has 2 aliphatic rings. The maximum Gasteiger partial charge on any atom is 0.414 e. The summed E-state index contributed by atoms with van der Waals surface area (Å²) in [5.74, 6) is 0.411. The van der Waals surface area contributed by atoms with E-state index in [0.717, 1.165) is 48.1 Å². The first-order valence-electron chi connectivity index (χ1n) is 10.6. The molecule has 1 saturated heterocycles. The van der Waals surface area contributed by atoms with E-state index >= 15 is 0 Å². The molecule has 1 fully saturated rings. The molecule has 6 nitrogen and oxygen atoms in total. The van der Waals surface area contributed by atoms with E-state index in [-0.39, 0.29) is 6.09 Å². The zero-order valence-electron chi connectivity index (χ0n) is 18.2. The van der Waals surface area contributed by atoms with Crippen LogP contribution >= 0.6 is 0 Å². The van der Waals surface area contributed by atoms with Gasteiger partial charge in [0, 0.05) is 30.2 Å². The second kappa shape index (κ2) is 7.48.